The first-order valence-electron chi connectivity index (χ1n) is 5.00. The number of rotatable bonds is 6. The molecule has 9 heteroatoms. The third kappa shape index (κ3) is 3.39. The predicted octanol–water partition coefficient (Wildman–Crippen LogP) is 1.25. The van der Waals surface area contributed by atoms with Gasteiger partial charge in [0.2, 0.25) is 22.2 Å². The van der Waals surface area contributed by atoms with Crippen LogP contribution >= 0.6 is 23.2 Å². The number of aromatic nitrogens is 1. The van der Waals surface area contributed by atoms with E-state index in [1.54, 1.807) is 0 Å². The first-order valence-corrected chi connectivity index (χ1v) is 5.76. The lowest BCUT2D eigenvalue weighted by Gasteiger charge is -2.09. The molecule has 0 saturated heterocycles. The van der Waals surface area contributed by atoms with E-state index < -0.39 is 39.5 Å². The van der Waals surface area contributed by atoms with Gasteiger partial charge in [-0.25, -0.2) is 0 Å². The van der Waals surface area contributed by atoms with Crippen molar-refractivity contribution < 1.29 is 29.8 Å². The largest absolute Gasteiger partial charge is 0.492 e. The van der Waals surface area contributed by atoms with Gasteiger partial charge in [0.15, 0.2) is 5.78 Å². The van der Waals surface area contributed by atoms with Gasteiger partial charge >= 0.3 is 0 Å². The van der Waals surface area contributed by atoms with Crippen LogP contribution in [0.25, 0.3) is 0 Å². The highest BCUT2D eigenvalue weighted by atomic mass is 35.5. The van der Waals surface area contributed by atoms with E-state index in [2.05, 4.69) is 0 Å². The lowest BCUT2D eigenvalue weighted by molar-refractivity contribution is -0.114. The molecule has 0 aliphatic heterocycles. The van der Waals surface area contributed by atoms with Gasteiger partial charge in [-0.3, -0.25) is 14.4 Å². The summed E-state index contributed by atoms with van der Waals surface area (Å²) in [6, 6.07) is 0.771. The molecular weight excluding hydrogens is 301 g/mol. The summed E-state index contributed by atoms with van der Waals surface area (Å²) in [5.41, 5.74) is -0.485. The Hall–Kier alpha value is -1.73. The number of halogens is 2. The molecule has 3 N–H and O–H groups in total. The molecule has 1 heterocycles. The van der Waals surface area contributed by atoms with Crippen LogP contribution < -0.4 is 0 Å². The number of Topliss-reactive ketones (excluding diaryl/α,β-unsaturated/α-hetero) is 1. The van der Waals surface area contributed by atoms with Crippen LogP contribution in [0.2, 0.25) is 0 Å². The smallest absolute Gasteiger partial charge is 0.240 e. The zero-order chi connectivity index (χ0) is 14.7. The number of hydrogen-bond acceptors (Lipinski definition) is 6. The van der Waals surface area contributed by atoms with E-state index in [0.717, 1.165) is 6.07 Å². The second-order valence-electron chi connectivity index (χ2n) is 3.67. The maximum Gasteiger partial charge on any atom is 0.240 e. The van der Waals surface area contributed by atoms with Gasteiger partial charge in [0.1, 0.15) is 0 Å². The predicted molar refractivity (Wildman–Crippen MR) is 63.7 cm³/mol. The van der Waals surface area contributed by atoms with E-state index in [4.69, 9.17) is 33.5 Å². The molecule has 104 valence electrons. The fourth-order valence-corrected chi connectivity index (χ4v) is 1.77. The Morgan fingerprint density at radius 3 is 2.21 bits per heavy atom. The van der Waals surface area contributed by atoms with Crippen molar-refractivity contribution in [1.29, 1.82) is 0 Å². The maximum absolute atomic E-state index is 11.9. The Bertz CT molecular complexity index is 538. The van der Waals surface area contributed by atoms with Gasteiger partial charge in [-0.1, -0.05) is 0 Å². The Kier molecular flexibility index (Phi) is 4.79. The van der Waals surface area contributed by atoms with Crippen LogP contribution in [-0.2, 0) is 9.59 Å². The lowest BCUT2D eigenvalue weighted by atomic mass is 9.96. The van der Waals surface area contributed by atoms with E-state index in [1.807, 2.05) is 0 Å². The van der Waals surface area contributed by atoms with Gasteiger partial charge in [-0.2, -0.15) is 0 Å². The average Bonchev–Trinajstić information content (AvgIpc) is 2.56. The van der Waals surface area contributed by atoms with Crippen LogP contribution in [-0.4, -0.2) is 36.4 Å². The van der Waals surface area contributed by atoms with Crippen molar-refractivity contribution in [3.05, 3.63) is 11.6 Å². The first-order chi connectivity index (χ1) is 8.75. The Balaban J connectivity index is 3.02. The maximum atomic E-state index is 11.9. The molecule has 0 aliphatic rings. The first kappa shape index (κ1) is 15.3. The molecule has 1 aromatic heterocycles. The Morgan fingerprint density at radius 1 is 1.26 bits per heavy atom. The van der Waals surface area contributed by atoms with Gasteiger partial charge < -0.3 is 15.4 Å². The van der Waals surface area contributed by atoms with Crippen LogP contribution in [0.4, 0.5) is 0 Å². The van der Waals surface area contributed by atoms with Crippen LogP contribution in [0.3, 0.4) is 0 Å². The van der Waals surface area contributed by atoms with Crippen molar-refractivity contribution in [2.24, 2.45) is 5.92 Å². The summed E-state index contributed by atoms with van der Waals surface area (Å²) in [5, 5.41) is 25.8. The molecule has 0 bridgehead atoms. The third-order valence-electron chi connectivity index (χ3n) is 2.42. The summed E-state index contributed by atoms with van der Waals surface area (Å²) >= 11 is 10.3. The molecule has 0 aromatic carbocycles. The molecule has 0 amide bonds. The highest BCUT2D eigenvalue weighted by Gasteiger charge is 2.31. The number of carbonyl (C=O) groups is 3. The SMILES string of the molecule is O=C(Cl)CCC(C(=O)Cl)C(=O)c1cc(O)n(O)c1O. The average molecular weight is 310 g/mol. The van der Waals surface area contributed by atoms with Gasteiger partial charge in [-0.15, -0.1) is 4.73 Å². The molecule has 0 radical (unpaired) electrons. The standard InChI is InChI=1S/C10H9Cl2NO6/c11-6(14)2-1-4(9(12)17)8(16)5-3-7(15)13(19)10(5)18/h3-4,15,18-19H,1-2H2. The topological polar surface area (TPSA) is 117 Å². The van der Waals surface area contributed by atoms with Crippen molar-refractivity contribution in [2.75, 3.05) is 0 Å². The van der Waals surface area contributed by atoms with Crippen molar-refractivity contribution in [3.8, 4) is 11.8 Å². The summed E-state index contributed by atoms with van der Waals surface area (Å²) in [4.78, 5) is 33.7. The number of aromatic hydroxyl groups is 2. The normalized spacial score (nSPS) is 12.1. The van der Waals surface area contributed by atoms with Gasteiger partial charge in [0, 0.05) is 12.5 Å². The molecule has 1 atom stereocenters. The van der Waals surface area contributed by atoms with Gasteiger partial charge in [-0.05, 0) is 29.6 Å². The minimum absolute atomic E-state index is 0.0320. The van der Waals surface area contributed by atoms with Crippen LogP contribution in [0.15, 0.2) is 6.07 Å². The number of ketones is 1. The Labute approximate surface area is 116 Å². The highest BCUT2D eigenvalue weighted by Crippen LogP contribution is 2.29. The number of carbonyl (C=O) groups excluding carboxylic acids is 3. The molecular formula is C10H9Cl2NO6. The zero-order valence-corrected chi connectivity index (χ0v) is 10.9. The summed E-state index contributed by atoms with van der Waals surface area (Å²) < 4.78 is -0.0320. The Morgan fingerprint density at radius 2 is 1.84 bits per heavy atom. The summed E-state index contributed by atoms with van der Waals surface area (Å²) in [6.45, 7) is 0. The van der Waals surface area contributed by atoms with E-state index in [9.17, 15) is 19.5 Å². The molecule has 1 rings (SSSR count). The van der Waals surface area contributed by atoms with Crippen molar-refractivity contribution in [1.82, 2.24) is 4.73 Å². The van der Waals surface area contributed by atoms with Crippen molar-refractivity contribution >= 4 is 39.5 Å². The number of nitrogens with zero attached hydrogens (tertiary/aromatic N) is 1. The second-order valence-corrected chi connectivity index (χ2v) is 4.46. The molecule has 1 aromatic rings. The highest BCUT2D eigenvalue weighted by molar-refractivity contribution is 6.66. The summed E-state index contributed by atoms with van der Waals surface area (Å²) in [5.74, 6) is -4.05. The van der Waals surface area contributed by atoms with Crippen LogP contribution in [0.5, 0.6) is 11.8 Å². The van der Waals surface area contributed by atoms with E-state index in [-0.39, 0.29) is 17.6 Å². The van der Waals surface area contributed by atoms with E-state index >= 15 is 0 Å². The van der Waals surface area contributed by atoms with E-state index in [0.29, 0.717) is 0 Å². The second kappa shape index (κ2) is 5.94. The monoisotopic (exact) mass is 309 g/mol. The number of hydrogen-bond donors (Lipinski definition) is 3. The third-order valence-corrected chi connectivity index (χ3v) is 2.87. The fourth-order valence-electron chi connectivity index (χ4n) is 1.45. The molecule has 7 nitrogen and oxygen atoms in total. The molecule has 1 unspecified atom stereocenters. The van der Waals surface area contributed by atoms with E-state index in [1.165, 1.54) is 0 Å². The zero-order valence-electron chi connectivity index (χ0n) is 9.34. The quantitative estimate of drug-likeness (QED) is 0.315. The lowest BCUT2D eigenvalue weighted by Crippen LogP contribution is -2.21. The fraction of sp³-hybridized carbons (Fsp3) is 0.300. The molecule has 0 saturated carbocycles. The van der Waals surface area contributed by atoms with Crippen molar-refractivity contribution in [3.63, 3.8) is 0 Å². The van der Waals surface area contributed by atoms with Gasteiger partial charge in [0.05, 0.1) is 11.5 Å². The molecule has 0 fully saturated rings. The summed E-state index contributed by atoms with van der Waals surface area (Å²) in [7, 11) is 0. The minimum atomic E-state index is -1.41. The summed E-state index contributed by atoms with van der Waals surface area (Å²) in [6.07, 6.45) is -0.497. The molecule has 19 heavy (non-hydrogen) atoms. The van der Waals surface area contributed by atoms with Crippen molar-refractivity contribution in [2.45, 2.75) is 12.8 Å². The molecule has 0 aliphatic carbocycles. The van der Waals surface area contributed by atoms with Gasteiger partial charge in [0.25, 0.3) is 0 Å². The van der Waals surface area contributed by atoms with Crippen LogP contribution in [0, 0.1) is 5.92 Å². The minimum Gasteiger partial charge on any atom is -0.492 e. The molecule has 0 spiro atoms. The van der Waals surface area contributed by atoms with Crippen LogP contribution in [0.1, 0.15) is 23.2 Å².